The summed E-state index contributed by atoms with van der Waals surface area (Å²) in [6.07, 6.45) is 1.41. The Morgan fingerprint density at radius 1 is 1.08 bits per heavy atom. The van der Waals surface area contributed by atoms with Crippen molar-refractivity contribution in [3.63, 3.8) is 0 Å². The summed E-state index contributed by atoms with van der Waals surface area (Å²) in [6.45, 7) is 5.32. The summed E-state index contributed by atoms with van der Waals surface area (Å²) in [5.74, 6) is 1.57. The molecule has 1 aromatic heterocycles. The molecule has 9 heteroatoms. The van der Waals surface area contributed by atoms with Gasteiger partial charge in [0.25, 0.3) is 0 Å². The number of carbonyl (C=O) groups is 1. The summed E-state index contributed by atoms with van der Waals surface area (Å²) in [4.78, 5) is 30.6. The van der Waals surface area contributed by atoms with Crippen molar-refractivity contribution >= 4 is 17.5 Å². The van der Waals surface area contributed by atoms with Crippen LogP contribution in [0.15, 0.2) is 53.3 Å². The van der Waals surface area contributed by atoms with Gasteiger partial charge in [0.1, 0.15) is 11.5 Å². The molecule has 0 spiro atoms. The van der Waals surface area contributed by atoms with Crippen LogP contribution in [-0.4, -0.2) is 66.0 Å². The molecular weight excluding hydrogens is 484 g/mol. The normalized spacial score (nSPS) is 20.8. The molecule has 2 unspecified atom stereocenters. The van der Waals surface area contributed by atoms with Gasteiger partial charge in [0.2, 0.25) is 5.56 Å². The Bertz CT molecular complexity index is 1410. The fourth-order valence-corrected chi connectivity index (χ4v) is 5.78. The van der Waals surface area contributed by atoms with E-state index in [0.29, 0.717) is 19.8 Å². The number of hydrogen-bond acceptors (Lipinski definition) is 6. The number of nitrogens with one attached hydrogen (secondary N) is 2. The van der Waals surface area contributed by atoms with Gasteiger partial charge in [0.15, 0.2) is 0 Å². The number of nitrogens with zero attached hydrogens (tertiary/aromatic N) is 2. The first-order chi connectivity index (χ1) is 18.4. The second-order valence-electron chi connectivity index (χ2n) is 10.3. The van der Waals surface area contributed by atoms with Gasteiger partial charge in [-0.15, -0.1) is 0 Å². The van der Waals surface area contributed by atoms with Crippen LogP contribution in [0.25, 0.3) is 11.3 Å². The minimum Gasteiger partial charge on any atom is -0.465 e. The standard InChI is InChI=1S/C29H32N4O5/c1-18-13-22(7-8-33(18)29(35)36)30-21-5-6-26-20(15-21)14-19-3-2-4-24(28(19)38-26)25-16-23(17-27(34)31-25)32-9-11-37-12-10-32/h2-6,15-18,22,30H,7-14H2,1H3,(H,31,34)(H,35,36). The van der Waals surface area contributed by atoms with Gasteiger partial charge in [0.05, 0.1) is 18.9 Å². The van der Waals surface area contributed by atoms with E-state index in [1.165, 1.54) is 4.90 Å². The maximum Gasteiger partial charge on any atom is 0.407 e. The van der Waals surface area contributed by atoms with Crippen molar-refractivity contribution in [2.75, 3.05) is 43.1 Å². The van der Waals surface area contributed by atoms with Gasteiger partial charge in [-0.2, -0.15) is 0 Å². The quantitative estimate of drug-likeness (QED) is 0.366. The number of aromatic amines is 1. The molecule has 0 saturated carbocycles. The van der Waals surface area contributed by atoms with Gasteiger partial charge < -0.3 is 34.7 Å². The zero-order chi connectivity index (χ0) is 26.2. The number of carboxylic acid groups (broad SMARTS) is 1. The number of piperidine rings is 1. The molecule has 2 aromatic carbocycles. The first kappa shape index (κ1) is 24.4. The molecule has 3 aliphatic heterocycles. The van der Waals surface area contributed by atoms with Crippen LogP contribution < -0.4 is 20.5 Å². The molecule has 3 aromatic rings. The molecule has 0 radical (unpaired) electrons. The molecule has 4 heterocycles. The van der Waals surface area contributed by atoms with E-state index >= 15 is 0 Å². The van der Waals surface area contributed by atoms with Crippen LogP contribution in [-0.2, 0) is 11.2 Å². The van der Waals surface area contributed by atoms with E-state index in [4.69, 9.17) is 9.47 Å². The lowest BCUT2D eigenvalue weighted by Gasteiger charge is -2.36. The summed E-state index contributed by atoms with van der Waals surface area (Å²) in [6, 6.07) is 16.0. The number of pyridine rings is 1. The molecule has 0 bridgehead atoms. The van der Waals surface area contributed by atoms with Gasteiger partial charge in [-0.3, -0.25) is 4.79 Å². The van der Waals surface area contributed by atoms with Gasteiger partial charge >= 0.3 is 6.09 Å². The maximum absolute atomic E-state index is 12.6. The highest BCUT2D eigenvalue weighted by Crippen LogP contribution is 2.43. The van der Waals surface area contributed by atoms with Crippen molar-refractivity contribution in [2.24, 2.45) is 0 Å². The summed E-state index contributed by atoms with van der Waals surface area (Å²) in [7, 11) is 0. The summed E-state index contributed by atoms with van der Waals surface area (Å²) >= 11 is 0. The zero-order valence-electron chi connectivity index (χ0n) is 21.4. The Balaban J connectivity index is 1.23. The number of aromatic nitrogens is 1. The van der Waals surface area contributed by atoms with E-state index < -0.39 is 6.09 Å². The van der Waals surface area contributed by atoms with Gasteiger partial charge in [-0.05, 0) is 55.7 Å². The minimum absolute atomic E-state index is 0.0156. The second kappa shape index (κ2) is 10.1. The Kier molecular flexibility index (Phi) is 6.45. The number of ether oxygens (including phenoxy) is 2. The Morgan fingerprint density at radius 3 is 2.71 bits per heavy atom. The van der Waals surface area contributed by atoms with Crippen molar-refractivity contribution in [2.45, 2.75) is 38.3 Å². The monoisotopic (exact) mass is 516 g/mol. The summed E-state index contributed by atoms with van der Waals surface area (Å²) in [5, 5.41) is 12.9. The highest BCUT2D eigenvalue weighted by molar-refractivity contribution is 5.74. The molecule has 2 saturated heterocycles. The third kappa shape index (κ3) is 4.81. The third-order valence-electron chi connectivity index (χ3n) is 7.74. The summed E-state index contributed by atoms with van der Waals surface area (Å²) < 4.78 is 11.9. The van der Waals surface area contributed by atoms with Gasteiger partial charge in [-0.25, -0.2) is 4.79 Å². The van der Waals surface area contributed by atoms with Crippen LogP contribution in [0.2, 0.25) is 0 Å². The number of likely N-dealkylation sites (tertiary alicyclic amines) is 1. The predicted octanol–water partition coefficient (Wildman–Crippen LogP) is 4.52. The Hall–Kier alpha value is -3.98. The molecule has 2 atom stereocenters. The largest absolute Gasteiger partial charge is 0.465 e. The molecule has 9 nitrogen and oxygen atoms in total. The Morgan fingerprint density at radius 2 is 1.92 bits per heavy atom. The van der Waals surface area contributed by atoms with Gasteiger partial charge in [0, 0.05) is 66.7 Å². The highest BCUT2D eigenvalue weighted by atomic mass is 16.5. The molecule has 6 rings (SSSR count). The van der Waals surface area contributed by atoms with Crippen LogP contribution in [0.3, 0.4) is 0 Å². The molecule has 3 N–H and O–H groups in total. The van der Waals surface area contributed by atoms with E-state index in [0.717, 1.165) is 77.6 Å². The fraction of sp³-hybridized carbons (Fsp3) is 0.379. The average Bonchev–Trinajstić information content (AvgIpc) is 2.91. The number of morpholine rings is 1. The van der Waals surface area contributed by atoms with Crippen LogP contribution in [0.1, 0.15) is 30.9 Å². The van der Waals surface area contributed by atoms with Crippen molar-refractivity contribution in [3.8, 4) is 22.8 Å². The smallest absolute Gasteiger partial charge is 0.407 e. The lowest BCUT2D eigenvalue weighted by molar-refractivity contribution is 0.109. The number of para-hydroxylation sites is 1. The molecule has 2 fully saturated rings. The zero-order valence-corrected chi connectivity index (χ0v) is 21.4. The van der Waals surface area contributed by atoms with E-state index in [-0.39, 0.29) is 17.6 Å². The van der Waals surface area contributed by atoms with Crippen LogP contribution >= 0.6 is 0 Å². The third-order valence-corrected chi connectivity index (χ3v) is 7.74. The number of hydrogen-bond donors (Lipinski definition) is 3. The molecule has 0 aliphatic carbocycles. The number of amides is 1. The van der Waals surface area contributed by atoms with E-state index in [1.54, 1.807) is 6.07 Å². The van der Waals surface area contributed by atoms with Crippen molar-refractivity contribution < 1.29 is 19.4 Å². The molecule has 1 amide bonds. The molecular formula is C29H32N4O5. The van der Waals surface area contributed by atoms with Crippen LogP contribution in [0.4, 0.5) is 16.2 Å². The van der Waals surface area contributed by atoms with Crippen molar-refractivity contribution in [3.05, 3.63) is 70.0 Å². The van der Waals surface area contributed by atoms with Crippen molar-refractivity contribution in [1.29, 1.82) is 0 Å². The number of rotatable bonds is 4. The average molecular weight is 517 g/mol. The number of H-pyrrole nitrogens is 1. The first-order valence-electron chi connectivity index (χ1n) is 13.2. The number of fused-ring (bicyclic) bond motifs is 2. The Labute approximate surface area is 221 Å². The topological polar surface area (TPSA) is 107 Å². The first-order valence-corrected chi connectivity index (χ1v) is 13.2. The minimum atomic E-state index is -0.850. The fourth-order valence-electron chi connectivity index (χ4n) is 5.78. The lowest BCUT2D eigenvalue weighted by atomic mass is 9.95. The van der Waals surface area contributed by atoms with Gasteiger partial charge in [-0.1, -0.05) is 12.1 Å². The molecule has 38 heavy (non-hydrogen) atoms. The van der Waals surface area contributed by atoms with E-state index in [1.807, 2.05) is 37.3 Å². The predicted molar refractivity (Wildman–Crippen MR) is 146 cm³/mol. The van der Waals surface area contributed by atoms with E-state index in [2.05, 4.69) is 27.3 Å². The lowest BCUT2D eigenvalue weighted by Crippen LogP contribution is -2.47. The highest BCUT2D eigenvalue weighted by Gasteiger charge is 2.29. The second-order valence-corrected chi connectivity index (χ2v) is 10.3. The number of anilines is 2. The molecule has 3 aliphatic rings. The van der Waals surface area contributed by atoms with Crippen molar-refractivity contribution in [1.82, 2.24) is 9.88 Å². The van der Waals surface area contributed by atoms with Crippen LogP contribution in [0.5, 0.6) is 11.5 Å². The number of benzene rings is 2. The molecule has 198 valence electrons. The van der Waals surface area contributed by atoms with Crippen LogP contribution in [0, 0.1) is 0 Å². The SMILES string of the molecule is CC1CC(Nc2ccc3c(c2)Cc2cccc(-c4cc(N5CCOCC5)cc(=O)[nH]4)c2O3)CCN1C(=O)O. The summed E-state index contributed by atoms with van der Waals surface area (Å²) in [5.41, 5.74) is 5.51. The van der Waals surface area contributed by atoms with E-state index in [9.17, 15) is 14.7 Å². The maximum atomic E-state index is 12.6.